The van der Waals surface area contributed by atoms with Crippen molar-refractivity contribution in [3.63, 3.8) is 0 Å². The van der Waals surface area contributed by atoms with E-state index in [1.165, 1.54) is 6.42 Å². The van der Waals surface area contributed by atoms with E-state index in [0.717, 1.165) is 25.7 Å². The third-order valence-electron chi connectivity index (χ3n) is 4.06. The normalized spacial score (nSPS) is 18.5. The summed E-state index contributed by atoms with van der Waals surface area (Å²) in [5.74, 6) is -0.0744. The highest BCUT2D eigenvalue weighted by molar-refractivity contribution is 5.93. The van der Waals surface area contributed by atoms with E-state index in [9.17, 15) is 9.90 Å². The summed E-state index contributed by atoms with van der Waals surface area (Å²) in [6.45, 7) is 4.14. The van der Waals surface area contributed by atoms with Crippen molar-refractivity contribution in [1.29, 1.82) is 0 Å². The predicted molar refractivity (Wildman–Crippen MR) is 75.2 cm³/mol. The number of rotatable bonds is 4. The molecule has 1 saturated carbocycles. The summed E-state index contributed by atoms with van der Waals surface area (Å²) in [7, 11) is 0. The maximum absolute atomic E-state index is 12.4. The topological polar surface area (TPSA) is 54.3 Å². The first-order chi connectivity index (χ1) is 9.08. The quantitative estimate of drug-likeness (QED) is 0.878. The van der Waals surface area contributed by atoms with Gasteiger partial charge in [-0.3, -0.25) is 4.79 Å². The van der Waals surface area contributed by atoms with Gasteiger partial charge in [0.1, 0.15) is 5.69 Å². The molecule has 4 nitrogen and oxygen atoms in total. The Kier molecular flexibility index (Phi) is 4.30. The monoisotopic (exact) mass is 264 g/mol. The second-order valence-electron chi connectivity index (χ2n) is 5.85. The first kappa shape index (κ1) is 14.1. The Hall–Kier alpha value is -1.29. The van der Waals surface area contributed by atoms with Gasteiger partial charge in [0.2, 0.25) is 0 Å². The van der Waals surface area contributed by atoms with Crippen LogP contribution in [0.2, 0.25) is 0 Å². The lowest BCUT2D eigenvalue weighted by molar-refractivity contribution is 0.0748. The lowest BCUT2D eigenvalue weighted by Gasteiger charge is -2.36. The van der Waals surface area contributed by atoms with Gasteiger partial charge in [0.05, 0.1) is 12.1 Å². The minimum atomic E-state index is -0.415. The van der Waals surface area contributed by atoms with E-state index in [-0.39, 0.29) is 18.6 Å². The molecular weight excluding hydrogens is 240 g/mol. The fourth-order valence-electron chi connectivity index (χ4n) is 2.89. The van der Waals surface area contributed by atoms with E-state index in [1.54, 1.807) is 0 Å². The van der Waals surface area contributed by atoms with Gasteiger partial charge >= 0.3 is 0 Å². The van der Waals surface area contributed by atoms with Crippen molar-refractivity contribution in [2.45, 2.75) is 57.5 Å². The summed E-state index contributed by atoms with van der Waals surface area (Å²) < 4.78 is 1.96. The molecule has 0 unspecified atom stereocenters. The van der Waals surface area contributed by atoms with Gasteiger partial charge in [-0.05, 0) is 38.8 Å². The number of nitrogens with one attached hydrogen (secondary N) is 1. The number of aromatic nitrogens is 1. The standard InChI is InChI=1S/C15H24N2O2/c1-12(2)17-10-6-7-13(17)14(19)16-15(11-18)8-4-3-5-9-15/h6-7,10,12,18H,3-5,8-9,11H2,1-2H3,(H,16,19). The van der Waals surface area contributed by atoms with Crippen molar-refractivity contribution in [3.8, 4) is 0 Å². The summed E-state index contributed by atoms with van der Waals surface area (Å²) in [6.07, 6.45) is 7.01. The van der Waals surface area contributed by atoms with Crippen molar-refractivity contribution in [3.05, 3.63) is 24.0 Å². The Morgan fingerprint density at radius 2 is 2.11 bits per heavy atom. The largest absolute Gasteiger partial charge is 0.394 e. The fraction of sp³-hybridized carbons (Fsp3) is 0.667. The van der Waals surface area contributed by atoms with Crippen molar-refractivity contribution in [2.24, 2.45) is 0 Å². The highest BCUT2D eigenvalue weighted by atomic mass is 16.3. The molecule has 1 aromatic heterocycles. The predicted octanol–water partition coefficient (Wildman–Crippen LogP) is 2.49. The molecule has 0 bridgehead atoms. The van der Waals surface area contributed by atoms with Gasteiger partial charge in [0.15, 0.2) is 0 Å². The molecule has 0 atom stereocenters. The number of carbonyl (C=O) groups is 1. The molecular formula is C15H24N2O2. The SMILES string of the molecule is CC(C)n1cccc1C(=O)NC1(CO)CCCCC1. The van der Waals surface area contributed by atoms with E-state index in [4.69, 9.17) is 0 Å². The van der Waals surface area contributed by atoms with E-state index in [2.05, 4.69) is 19.2 Å². The molecule has 2 rings (SSSR count). The number of amides is 1. The number of carbonyl (C=O) groups excluding carboxylic acids is 1. The molecule has 1 aliphatic rings. The molecule has 0 aromatic carbocycles. The summed E-state index contributed by atoms with van der Waals surface area (Å²) >= 11 is 0. The first-order valence-electron chi connectivity index (χ1n) is 7.18. The van der Waals surface area contributed by atoms with Gasteiger partial charge < -0.3 is 15.0 Å². The van der Waals surface area contributed by atoms with Crippen LogP contribution >= 0.6 is 0 Å². The van der Waals surface area contributed by atoms with Crippen molar-refractivity contribution in [1.82, 2.24) is 9.88 Å². The molecule has 19 heavy (non-hydrogen) atoms. The maximum atomic E-state index is 12.4. The van der Waals surface area contributed by atoms with Crippen LogP contribution in [0.1, 0.15) is 62.5 Å². The highest BCUT2D eigenvalue weighted by Gasteiger charge is 2.33. The molecule has 2 N–H and O–H groups in total. The Balaban J connectivity index is 2.13. The number of aliphatic hydroxyl groups is 1. The van der Waals surface area contributed by atoms with Crippen LogP contribution in [0.5, 0.6) is 0 Å². The molecule has 0 spiro atoms. The third-order valence-corrected chi connectivity index (χ3v) is 4.06. The second-order valence-corrected chi connectivity index (χ2v) is 5.85. The number of hydrogen-bond donors (Lipinski definition) is 2. The van der Waals surface area contributed by atoms with E-state index in [1.807, 2.05) is 22.9 Å². The number of nitrogens with zero attached hydrogens (tertiary/aromatic N) is 1. The van der Waals surface area contributed by atoms with Crippen LogP contribution in [0.3, 0.4) is 0 Å². The Morgan fingerprint density at radius 3 is 2.68 bits per heavy atom. The van der Waals surface area contributed by atoms with Crippen LogP contribution in [-0.4, -0.2) is 27.7 Å². The summed E-state index contributed by atoms with van der Waals surface area (Å²) in [5, 5.41) is 12.7. The van der Waals surface area contributed by atoms with E-state index in [0.29, 0.717) is 5.69 Å². The van der Waals surface area contributed by atoms with Crippen molar-refractivity contribution < 1.29 is 9.90 Å². The molecule has 0 saturated heterocycles. The third kappa shape index (κ3) is 3.00. The van der Waals surface area contributed by atoms with E-state index < -0.39 is 5.54 Å². The molecule has 1 amide bonds. The smallest absolute Gasteiger partial charge is 0.268 e. The molecule has 0 aliphatic heterocycles. The minimum Gasteiger partial charge on any atom is -0.394 e. The van der Waals surface area contributed by atoms with Crippen molar-refractivity contribution in [2.75, 3.05) is 6.61 Å². The van der Waals surface area contributed by atoms with E-state index >= 15 is 0 Å². The zero-order chi connectivity index (χ0) is 13.9. The maximum Gasteiger partial charge on any atom is 0.268 e. The minimum absolute atomic E-state index is 0.0289. The zero-order valence-electron chi connectivity index (χ0n) is 11.9. The summed E-state index contributed by atoms with van der Waals surface area (Å²) in [5.41, 5.74) is 0.259. The first-order valence-corrected chi connectivity index (χ1v) is 7.18. The van der Waals surface area contributed by atoms with Gasteiger partial charge in [-0.25, -0.2) is 0 Å². The van der Waals surface area contributed by atoms with Gasteiger partial charge in [-0.1, -0.05) is 19.3 Å². The molecule has 1 fully saturated rings. The molecule has 0 radical (unpaired) electrons. The van der Waals surface area contributed by atoms with Crippen LogP contribution in [0.4, 0.5) is 0 Å². The van der Waals surface area contributed by atoms with Crippen LogP contribution < -0.4 is 5.32 Å². The average molecular weight is 264 g/mol. The average Bonchev–Trinajstić information content (AvgIpc) is 2.89. The number of hydrogen-bond acceptors (Lipinski definition) is 2. The van der Waals surface area contributed by atoms with Gasteiger partial charge in [-0.15, -0.1) is 0 Å². The second kappa shape index (κ2) is 5.78. The van der Waals surface area contributed by atoms with Crippen LogP contribution in [0, 0.1) is 0 Å². The van der Waals surface area contributed by atoms with Gasteiger partial charge in [0, 0.05) is 12.2 Å². The Labute approximate surface area is 114 Å². The summed E-state index contributed by atoms with van der Waals surface area (Å²) in [4.78, 5) is 12.4. The lowest BCUT2D eigenvalue weighted by atomic mass is 9.82. The molecule has 4 heteroatoms. The highest BCUT2D eigenvalue weighted by Crippen LogP contribution is 2.28. The fourth-order valence-corrected chi connectivity index (χ4v) is 2.89. The van der Waals surface area contributed by atoms with Gasteiger partial charge in [-0.2, -0.15) is 0 Å². The van der Waals surface area contributed by atoms with Crippen LogP contribution in [0.25, 0.3) is 0 Å². The molecule has 106 valence electrons. The molecule has 1 aliphatic carbocycles. The van der Waals surface area contributed by atoms with Gasteiger partial charge in [0.25, 0.3) is 5.91 Å². The summed E-state index contributed by atoms with van der Waals surface area (Å²) in [6, 6.07) is 3.98. The Bertz CT molecular complexity index is 431. The zero-order valence-corrected chi connectivity index (χ0v) is 11.9. The van der Waals surface area contributed by atoms with Crippen molar-refractivity contribution >= 4 is 5.91 Å². The van der Waals surface area contributed by atoms with Crippen LogP contribution in [0.15, 0.2) is 18.3 Å². The Morgan fingerprint density at radius 1 is 1.42 bits per heavy atom. The molecule has 1 aromatic rings. The van der Waals surface area contributed by atoms with Crippen LogP contribution in [-0.2, 0) is 0 Å². The molecule has 1 heterocycles. The lowest BCUT2D eigenvalue weighted by Crippen LogP contribution is -2.52. The number of aliphatic hydroxyl groups excluding tert-OH is 1.